The summed E-state index contributed by atoms with van der Waals surface area (Å²) >= 11 is 0. The van der Waals surface area contributed by atoms with E-state index in [9.17, 15) is 4.79 Å². The van der Waals surface area contributed by atoms with Crippen molar-refractivity contribution in [2.75, 3.05) is 0 Å². The van der Waals surface area contributed by atoms with Crippen LogP contribution in [-0.4, -0.2) is 5.91 Å². The fourth-order valence-electron chi connectivity index (χ4n) is 1.68. The van der Waals surface area contributed by atoms with E-state index in [2.05, 4.69) is 31.3 Å². The zero-order chi connectivity index (χ0) is 11.3. The number of hydrogen-bond donors (Lipinski definition) is 1. The molecule has 1 aromatic rings. The molecule has 1 atom stereocenters. The smallest absolute Gasteiger partial charge is 0.217 e. The molecule has 0 saturated heterocycles. The van der Waals surface area contributed by atoms with Gasteiger partial charge in [-0.1, -0.05) is 44.2 Å². The van der Waals surface area contributed by atoms with E-state index in [0.717, 1.165) is 6.42 Å². The van der Waals surface area contributed by atoms with Crippen LogP contribution in [0.5, 0.6) is 0 Å². The number of nitrogens with one attached hydrogen (secondary N) is 1. The lowest BCUT2D eigenvalue weighted by Crippen LogP contribution is -2.27. The molecule has 0 aliphatic heterocycles. The maximum absolute atomic E-state index is 11.1. The quantitative estimate of drug-likeness (QED) is 0.804. The Balaban J connectivity index is 2.76. The van der Waals surface area contributed by atoms with Crippen molar-refractivity contribution in [2.45, 2.75) is 33.2 Å². The number of amides is 1. The molecular weight excluding hydrogens is 186 g/mol. The summed E-state index contributed by atoms with van der Waals surface area (Å²) in [5.41, 5.74) is 1.18. The molecule has 1 N–H and O–H groups in total. The molecule has 15 heavy (non-hydrogen) atoms. The van der Waals surface area contributed by atoms with E-state index in [4.69, 9.17) is 0 Å². The molecule has 0 saturated carbocycles. The zero-order valence-electron chi connectivity index (χ0n) is 9.66. The highest BCUT2D eigenvalue weighted by Gasteiger charge is 2.13. The summed E-state index contributed by atoms with van der Waals surface area (Å²) in [6.07, 6.45) is 0.976. The fraction of sp³-hybridized carbons (Fsp3) is 0.462. The predicted molar refractivity (Wildman–Crippen MR) is 62.5 cm³/mol. The Hall–Kier alpha value is -1.31. The fourth-order valence-corrected chi connectivity index (χ4v) is 1.68. The van der Waals surface area contributed by atoms with Gasteiger partial charge < -0.3 is 5.32 Å². The molecule has 0 aromatic heterocycles. The normalized spacial score (nSPS) is 12.5. The van der Waals surface area contributed by atoms with Gasteiger partial charge in [-0.05, 0) is 17.9 Å². The molecule has 2 heteroatoms. The summed E-state index contributed by atoms with van der Waals surface area (Å²) < 4.78 is 0. The van der Waals surface area contributed by atoms with E-state index >= 15 is 0 Å². The molecule has 1 rings (SSSR count). The zero-order valence-corrected chi connectivity index (χ0v) is 9.66. The highest BCUT2D eigenvalue weighted by atomic mass is 16.1. The second-order valence-corrected chi connectivity index (χ2v) is 4.29. The van der Waals surface area contributed by atoms with Crippen LogP contribution >= 0.6 is 0 Å². The lowest BCUT2D eigenvalue weighted by atomic mass is 9.97. The van der Waals surface area contributed by atoms with E-state index in [0.29, 0.717) is 5.92 Å². The Morgan fingerprint density at radius 3 is 2.33 bits per heavy atom. The minimum Gasteiger partial charge on any atom is -0.350 e. The summed E-state index contributed by atoms with van der Waals surface area (Å²) in [7, 11) is 0. The van der Waals surface area contributed by atoms with Crippen molar-refractivity contribution in [3.63, 3.8) is 0 Å². The molecule has 0 aliphatic carbocycles. The second-order valence-electron chi connectivity index (χ2n) is 4.29. The maximum atomic E-state index is 11.1. The molecule has 0 aliphatic rings. The number of benzene rings is 1. The molecule has 1 amide bonds. The van der Waals surface area contributed by atoms with Gasteiger partial charge in [0.2, 0.25) is 5.91 Å². The van der Waals surface area contributed by atoms with Crippen LogP contribution in [0.3, 0.4) is 0 Å². The van der Waals surface area contributed by atoms with Crippen LogP contribution in [0.4, 0.5) is 0 Å². The van der Waals surface area contributed by atoms with E-state index in [-0.39, 0.29) is 11.9 Å². The van der Waals surface area contributed by atoms with E-state index in [1.165, 1.54) is 5.56 Å². The van der Waals surface area contributed by atoms with Crippen molar-refractivity contribution in [1.29, 1.82) is 0 Å². The van der Waals surface area contributed by atoms with Gasteiger partial charge in [0.25, 0.3) is 0 Å². The first-order valence-electron chi connectivity index (χ1n) is 5.41. The van der Waals surface area contributed by atoms with Crippen LogP contribution in [0.1, 0.15) is 38.8 Å². The summed E-state index contributed by atoms with van der Waals surface area (Å²) in [6, 6.07) is 10.3. The van der Waals surface area contributed by atoms with Gasteiger partial charge in [0.1, 0.15) is 0 Å². The molecule has 0 fully saturated rings. The van der Waals surface area contributed by atoms with Crippen molar-refractivity contribution in [1.82, 2.24) is 5.32 Å². The monoisotopic (exact) mass is 205 g/mol. The Morgan fingerprint density at radius 1 is 1.27 bits per heavy atom. The first-order valence-corrected chi connectivity index (χ1v) is 5.41. The second kappa shape index (κ2) is 5.54. The minimum absolute atomic E-state index is 0.0319. The van der Waals surface area contributed by atoms with Crippen LogP contribution in [-0.2, 0) is 4.79 Å². The minimum atomic E-state index is 0.0319. The lowest BCUT2D eigenvalue weighted by molar-refractivity contribution is -0.119. The summed E-state index contributed by atoms with van der Waals surface area (Å²) in [5.74, 6) is 0.603. The third-order valence-electron chi connectivity index (χ3n) is 2.29. The average molecular weight is 205 g/mol. The SMILES string of the molecule is CC(=O)N[C@H](CC(C)C)c1ccccc1. The van der Waals surface area contributed by atoms with Gasteiger partial charge >= 0.3 is 0 Å². The summed E-state index contributed by atoms with van der Waals surface area (Å²) in [4.78, 5) is 11.1. The Labute approximate surface area is 91.7 Å². The van der Waals surface area contributed by atoms with Crippen LogP contribution in [0, 0.1) is 5.92 Å². The first kappa shape index (κ1) is 11.8. The first-order chi connectivity index (χ1) is 7.09. The van der Waals surface area contributed by atoms with Crippen molar-refractivity contribution < 1.29 is 4.79 Å². The van der Waals surface area contributed by atoms with E-state index < -0.39 is 0 Å². The Bertz CT molecular complexity index is 306. The summed E-state index contributed by atoms with van der Waals surface area (Å²) in [5, 5.41) is 2.99. The molecule has 0 unspecified atom stereocenters. The largest absolute Gasteiger partial charge is 0.350 e. The van der Waals surface area contributed by atoms with Crippen molar-refractivity contribution in [3.8, 4) is 0 Å². The third-order valence-corrected chi connectivity index (χ3v) is 2.29. The van der Waals surface area contributed by atoms with Crippen molar-refractivity contribution in [2.24, 2.45) is 5.92 Å². The predicted octanol–water partition coefficient (Wildman–Crippen LogP) is 2.91. The number of hydrogen-bond acceptors (Lipinski definition) is 1. The van der Waals surface area contributed by atoms with Crippen LogP contribution in [0.15, 0.2) is 30.3 Å². The Morgan fingerprint density at radius 2 is 1.87 bits per heavy atom. The standard InChI is InChI=1S/C13H19NO/c1-10(2)9-13(14-11(3)15)12-7-5-4-6-8-12/h4-8,10,13H,9H2,1-3H3,(H,14,15)/t13-/m1/s1. The summed E-state index contributed by atoms with van der Waals surface area (Å²) in [6.45, 7) is 5.89. The van der Waals surface area contributed by atoms with Crippen LogP contribution < -0.4 is 5.32 Å². The number of carbonyl (C=O) groups is 1. The van der Waals surface area contributed by atoms with Crippen LogP contribution in [0.25, 0.3) is 0 Å². The van der Waals surface area contributed by atoms with Gasteiger partial charge in [-0.15, -0.1) is 0 Å². The van der Waals surface area contributed by atoms with Gasteiger partial charge in [0, 0.05) is 6.92 Å². The molecule has 2 nitrogen and oxygen atoms in total. The molecule has 82 valence electrons. The molecule has 0 bridgehead atoms. The molecule has 0 heterocycles. The van der Waals surface area contributed by atoms with Gasteiger partial charge in [-0.25, -0.2) is 0 Å². The topological polar surface area (TPSA) is 29.1 Å². The highest BCUT2D eigenvalue weighted by Crippen LogP contribution is 2.20. The Kier molecular flexibility index (Phi) is 4.35. The van der Waals surface area contributed by atoms with Crippen LogP contribution in [0.2, 0.25) is 0 Å². The van der Waals surface area contributed by atoms with Crippen molar-refractivity contribution >= 4 is 5.91 Å². The lowest BCUT2D eigenvalue weighted by Gasteiger charge is -2.20. The van der Waals surface area contributed by atoms with Gasteiger partial charge in [0.15, 0.2) is 0 Å². The third kappa shape index (κ3) is 4.15. The van der Waals surface area contributed by atoms with Crippen molar-refractivity contribution in [3.05, 3.63) is 35.9 Å². The van der Waals surface area contributed by atoms with Gasteiger partial charge in [0.05, 0.1) is 6.04 Å². The van der Waals surface area contributed by atoms with E-state index in [1.807, 2.05) is 18.2 Å². The van der Waals surface area contributed by atoms with E-state index in [1.54, 1.807) is 6.92 Å². The number of rotatable bonds is 4. The van der Waals surface area contributed by atoms with Gasteiger partial charge in [-0.3, -0.25) is 4.79 Å². The maximum Gasteiger partial charge on any atom is 0.217 e. The molecular formula is C13H19NO. The highest BCUT2D eigenvalue weighted by molar-refractivity contribution is 5.73. The number of carbonyl (C=O) groups excluding carboxylic acids is 1. The molecule has 0 radical (unpaired) electrons. The average Bonchev–Trinajstić information content (AvgIpc) is 2.17. The van der Waals surface area contributed by atoms with Gasteiger partial charge in [-0.2, -0.15) is 0 Å². The molecule has 0 spiro atoms. The molecule has 1 aromatic carbocycles.